The summed E-state index contributed by atoms with van der Waals surface area (Å²) in [7, 11) is 0. The lowest BCUT2D eigenvalue weighted by Crippen LogP contribution is -2.41. The van der Waals surface area contributed by atoms with E-state index in [2.05, 4.69) is 15.8 Å². The molecular weight excluding hydrogens is 306 g/mol. The van der Waals surface area contributed by atoms with Crippen LogP contribution in [0.25, 0.3) is 5.57 Å². The van der Waals surface area contributed by atoms with Crippen LogP contribution in [-0.2, 0) is 9.59 Å². The molecular formula is C18H21N3O3. The van der Waals surface area contributed by atoms with Gasteiger partial charge in [-0.1, -0.05) is 42.4 Å². The summed E-state index contributed by atoms with van der Waals surface area (Å²) in [5.74, 6) is 0.255. The van der Waals surface area contributed by atoms with Crippen LogP contribution < -0.4 is 10.6 Å². The molecule has 6 heteroatoms. The van der Waals surface area contributed by atoms with Crippen LogP contribution in [0.5, 0.6) is 0 Å². The number of carbonyl (C=O) groups excluding carboxylic acids is 2. The molecule has 1 aromatic heterocycles. The number of nitrogens with one attached hydrogen (secondary N) is 2. The van der Waals surface area contributed by atoms with Crippen LogP contribution in [0.1, 0.15) is 31.6 Å². The Bertz CT molecular complexity index is 735. The molecule has 24 heavy (non-hydrogen) atoms. The third-order valence-electron chi connectivity index (χ3n) is 3.46. The minimum atomic E-state index is -0.695. The van der Waals surface area contributed by atoms with Crippen LogP contribution in [0, 0.1) is 6.92 Å². The summed E-state index contributed by atoms with van der Waals surface area (Å²) in [5, 5.41) is 8.93. The molecule has 2 amide bonds. The summed E-state index contributed by atoms with van der Waals surface area (Å²) in [4.78, 5) is 24.2. The van der Waals surface area contributed by atoms with Crippen molar-refractivity contribution in [2.24, 2.45) is 0 Å². The molecule has 2 aromatic rings. The third kappa shape index (κ3) is 4.81. The summed E-state index contributed by atoms with van der Waals surface area (Å²) in [6, 6.07) is 10.6. The minimum Gasteiger partial charge on any atom is -0.360 e. The van der Waals surface area contributed by atoms with Gasteiger partial charge in [0.2, 0.25) is 11.8 Å². The van der Waals surface area contributed by atoms with Crippen molar-refractivity contribution in [1.82, 2.24) is 10.5 Å². The standard InChI is InChI=1S/C18H21N3O3/c1-4-14(15-8-6-5-7-9-15)11-17(22)19-13(3)18(23)20-16-10-12(2)24-21-16/h5-11,13H,4H2,1-3H3,(H,19,22)(H,20,21,23)/b14-11+/t13-/m0/s1. The summed E-state index contributed by atoms with van der Waals surface area (Å²) in [6.45, 7) is 5.33. The SMILES string of the molecule is CC/C(=C\C(=O)N[C@@H](C)C(=O)Nc1cc(C)on1)c1ccccc1. The first-order valence-corrected chi connectivity index (χ1v) is 7.80. The van der Waals surface area contributed by atoms with Crippen LogP contribution in [-0.4, -0.2) is 23.0 Å². The summed E-state index contributed by atoms with van der Waals surface area (Å²) < 4.78 is 4.88. The Morgan fingerprint density at radius 3 is 2.58 bits per heavy atom. The van der Waals surface area contributed by atoms with E-state index in [9.17, 15) is 9.59 Å². The molecule has 0 unspecified atom stereocenters. The molecule has 2 N–H and O–H groups in total. The fourth-order valence-corrected chi connectivity index (χ4v) is 2.18. The number of hydrogen-bond acceptors (Lipinski definition) is 4. The third-order valence-corrected chi connectivity index (χ3v) is 3.46. The van der Waals surface area contributed by atoms with Crippen molar-refractivity contribution in [2.75, 3.05) is 5.32 Å². The highest BCUT2D eigenvalue weighted by atomic mass is 16.5. The first-order valence-electron chi connectivity index (χ1n) is 7.80. The number of amides is 2. The van der Waals surface area contributed by atoms with Gasteiger partial charge in [0.15, 0.2) is 5.82 Å². The van der Waals surface area contributed by atoms with Crippen LogP contribution in [0.2, 0.25) is 0 Å². The highest BCUT2D eigenvalue weighted by molar-refractivity contribution is 6.00. The monoisotopic (exact) mass is 327 g/mol. The molecule has 6 nitrogen and oxygen atoms in total. The fourth-order valence-electron chi connectivity index (χ4n) is 2.18. The largest absolute Gasteiger partial charge is 0.360 e. The van der Waals surface area contributed by atoms with E-state index in [4.69, 9.17) is 4.52 Å². The van der Waals surface area contributed by atoms with Crippen molar-refractivity contribution in [2.45, 2.75) is 33.2 Å². The number of allylic oxidation sites excluding steroid dienone is 1. The van der Waals surface area contributed by atoms with Gasteiger partial charge >= 0.3 is 0 Å². The average molecular weight is 327 g/mol. The molecule has 1 atom stereocenters. The Hall–Kier alpha value is -2.89. The Balaban J connectivity index is 1.97. The van der Waals surface area contributed by atoms with Crippen molar-refractivity contribution in [3.63, 3.8) is 0 Å². The molecule has 126 valence electrons. The zero-order valence-corrected chi connectivity index (χ0v) is 14.0. The summed E-state index contributed by atoms with van der Waals surface area (Å²) >= 11 is 0. The van der Waals surface area contributed by atoms with Gasteiger partial charge in [0.25, 0.3) is 0 Å². The van der Waals surface area contributed by atoms with E-state index in [1.807, 2.05) is 37.3 Å². The van der Waals surface area contributed by atoms with E-state index >= 15 is 0 Å². The first-order chi connectivity index (χ1) is 11.5. The van der Waals surface area contributed by atoms with Gasteiger partial charge in [-0.2, -0.15) is 0 Å². The zero-order valence-electron chi connectivity index (χ0n) is 14.0. The van der Waals surface area contributed by atoms with Crippen LogP contribution in [0.3, 0.4) is 0 Å². The Labute approximate surface area is 140 Å². The van der Waals surface area contributed by atoms with E-state index in [1.54, 1.807) is 19.9 Å². The molecule has 2 rings (SSSR count). The van der Waals surface area contributed by atoms with E-state index in [0.717, 1.165) is 17.6 Å². The van der Waals surface area contributed by atoms with Gasteiger partial charge in [0, 0.05) is 12.1 Å². The number of anilines is 1. The van der Waals surface area contributed by atoms with Gasteiger partial charge in [-0.05, 0) is 31.4 Å². The molecule has 0 aliphatic carbocycles. The van der Waals surface area contributed by atoms with Crippen molar-refractivity contribution in [3.8, 4) is 0 Å². The lowest BCUT2D eigenvalue weighted by molar-refractivity contribution is -0.123. The maximum absolute atomic E-state index is 12.2. The molecule has 0 radical (unpaired) electrons. The number of rotatable bonds is 6. The van der Waals surface area contributed by atoms with Crippen LogP contribution in [0.4, 0.5) is 5.82 Å². The van der Waals surface area contributed by atoms with Gasteiger partial charge in [-0.25, -0.2) is 0 Å². The smallest absolute Gasteiger partial charge is 0.247 e. The second-order valence-electron chi connectivity index (χ2n) is 5.43. The molecule has 0 fully saturated rings. The summed E-state index contributed by atoms with van der Waals surface area (Å²) in [5.41, 5.74) is 1.90. The molecule has 0 aliphatic rings. The van der Waals surface area contributed by atoms with Gasteiger partial charge in [-0.3, -0.25) is 9.59 Å². The Morgan fingerprint density at radius 2 is 2.00 bits per heavy atom. The average Bonchev–Trinajstić information content (AvgIpc) is 2.98. The second-order valence-corrected chi connectivity index (χ2v) is 5.43. The molecule has 0 saturated heterocycles. The van der Waals surface area contributed by atoms with Gasteiger partial charge in [0.05, 0.1) is 0 Å². The second kappa shape index (κ2) is 8.10. The first kappa shape index (κ1) is 17.5. The number of hydrogen-bond donors (Lipinski definition) is 2. The van der Waals surface area contributed by atoms with Crippen molar-refractivity contribution in [3.05, 3.63) is 53.8 Å². The van der Waals surface area contributed by atoms with E-state index in [1.165, 1.54) is 6.08 Å². The van der Waals surface area contributed by atoms with Gasteiger partial charge in [0.1, 0.15) is 11.8 Å². The minimum absolute atomic E-state index is 0.310. The highest BCUT2D eigenvalue weighted by Crippen LogP contribution is 2.17. The fraction of sp³-hybridized carbons (Fsp3) is 0.278. The van der Waals surface area contributed by atoms with Crippen molar-refractivity contribution >= 4 is 23.2 Å². The number of carbonyl (C=O) groups is 2. The molecule has 0 spiro atoms. The molecule has 0 bridgehead atoms. The van der Waals surface area contributed by atoms with Crippen LogP contribution in [0.15, 0.2) is 47.0 Å². The van der Waals surface area contributed by atoms with Crippen LogP contribution >= 0.6 is 0 Å². The quantitative estimate of drug-likeness (QED) is 0.799. The van der Waals surface area contributed by atoms with E-state index in [0.29, 0.717) is 11.6 Å². The van der Waals surface area contributed by atoms with Crippen molar-refractivity contribution in [1.29, 1.82) is 0 Å². The topological polar surface area (TPSA) is 84.2 Å². The molecule has 0 saturated carbocycles. The predicted molar refractivity (Wildman–Crippen MR) is 92.2 cm³/mol. The number of aromatic nitrogens is 1. The van der Waals surface area contributed by atoms with Gasteiger partial charge in [-0.15, -0.1) is 0 Å². The van der Waals surface area contributed by atoms with E-state index in [-0.39, 0.29) is 11.8 Å². The molecule has 1 heterocycles. The Kier molecular flexibility index (Phi) is 5.89. The molecule has 0 aliphatic heterocycles. The maximum Gasteiger partial charge on any atom is 0.247 e. The number of benzene rings is 1. The van der Waals surface area contributed by atoms with Gasteiger partial charge < -0.3 is 15.2 Å². The van der Waals surface area contributed by atoms with Crippen molar-refractivity contribution < 1.29 is 14.1 Å². The Morgan fingerprint density at radius 1 is 1.29 bits per heavy atom. The zero-order chi connectivity index (χ0) is 17.5. The number of nitrogens with zero attached hydrogens (tertiary/aromatic N) is 1. The predicted octanol–water partition coefficient (Wildman–Crippen LogP) is 2.92. The number of aryl methyl sites for hydroxylation is 1. The normalized spacial score (nSPS) is 12.5. The molecule has 1 aromatic carbocycles. The summed E-state index contributed by atoms with van der Waals surface area (Å²) in [6.07, 6.45) is 2.25. The van der Waals surface area contributed by atoms with E-state index < -0.39 is 6.04 Å². The lowest BCUT2D eigenvalue weighted by Gasteiger charge is -2.12. The maximum atomic E-state index is 12.2. The highest BCUT2D eigenvalue weighted by Gasteiger charge is 2.16. The lowest BCUT2D eigenvalue weighted by atomic mass is 10.0.